The van der Waals surface area contributed by atoms with Crippen LogP contribution in [0.4, 0.5) is 5.69 Å². The molecule has 4 heteroatoms. The zero-order chi connectivity index (χ0) is 12.1. The molecule has 0 saturated carbocycles. The van der Waals surface area contributed by atoms with Gasteiger partial charge in [-0.1, -0.05) is 29.8 Å². The van der Waals surface area contributed by atoms with Gasteiger partial charge in [0.2, 0.25) is 0 Å². The first-order valence-electron chi connectivity index (χ1n) is 5.15. The fraction of sp³-hybridized carbons (Fsp3) is 0.0769. The molecule has 0 spiro atoms. The standard InChI is InChI=1S/C13H11BrN2S/c1-10-6-8-11(9-7-10)17-16-15-13-5-3-2-4-12(13)14/h2-9H,1H3. The fourth-order valence-electron chi connectivity index (χ4n) is 1.24. The molecule has 0 heterocycles. The van der Waals surface area contributed by atoms with E-state index in [9.17, 15) is 0 Å². The van der Waals surface area contributed by atoms with Crippen molar-refractivity contribution in [3.63, 3.8) is 0 Å². The molecule has 2 rings (SSSR count). The molecule has 0 bridgehead atoms. The number of halogens is 1. The number of benzene rings is 2. The van der Waals surface area contributed by atoms with Crippen molar-refractivity contribution in [2.24, 2.45) is 9.63 Å². The molecule has 0 atom stereocenters. The summed E-state index contributed by atoms with van der Waals surface area (Å²) in [6.45, 7) is 2.07. The van der Waals surface area contributed by atoms with Crippen molar-refractivity contribution in [2.75, 3.05) is 0 Å². The van der Waals surface area contributed by atoms with Crippen LogP contribution in [0.15, 0.2) is 67.5 Å². The van der Waals surface area contributed by atoms with Gasteiger partial charge in [-0.3, -0.25) is 0 Å². The van der Waals surface area contributed by atoms with Crippen LogP contribution in [0.5, 0.6) is 0 Å². The minimum absolute atomic E-state index is 0.840. The Kier molecular flexibility index (Phi) is 4.34. The summed E-state index contributed by atoms with van der Waals surface area (Å²) in [4.78, 5) is 1.09. The second-order valence-electron chi connectivity index (χ2n) is 3.54. The lowest BCUT2D eigenvalue weighted by Gasteiger charge is -1.96. The maximum absolute atomic E-state index is 4.16. The minimum Gasteiger partial charge on any atom is -0.142 e. The first-order valence-corrected chi connectivity index (χ1v) is 6.71. The van der Waals surface area contributed by atoms with E-state index in [1.54, 1.807) is 0 Å². The minimum atomic E-state index is 0.840. The third kappa shape index (κ3) is 3.68. The van der Waals surface area contributed by atoms with E-state index in [4.69, 9.17) is 0 Å². The van der Waals surface area contributed by atoms with Gasteiger partial charge in [-0.25, -0.2) is 0 Å². The molecule has 0 aliphatic carbocycles. The van der Waals surface area contributed by atoms with Crippen molar-refractivity contribution in [3.8, 4) is 0 Å². The highest BCUT2D eigenvalue weighted by Crippen LogP contribution is 2.27. The van der Waals surface area contributed by atoms with E-state index in [1.165, 1.54) is 17.5 Å². The van der Waals surface area contributed by atoms with Gasteiger partial charge in [-0.05, 0) is 47.1 Å². The van der Waals surface area contributed by atoms with Crippen molar-refractivity contribution >= 4 is 33.6 Å². The first kappa shape index (κ1) is 12.3. The van der Waals surface area contributed by atoms with Crippen molar-refractivity contribution < 1.29 is 0 Å². The highest BCUT2D eigenvalue weighted by atomic mass is 79.9. The summed E-state index contributed by atoms with van der Waals surface area (Å²) >= 11 is 4.80. The van der Waals surface area contributed by atoms with Crippen LogP contribution in [0.2, 0.25) is 0 Å². The molecule has 0 fully saturated rings. The lowest BCUT2D eigenvalue weighted by molar-refractivity contribution is 1.30. The molecule has 0 N–H and O–H groups in total. The Morgan fingerprint density at radius 1 is 1.00 bits per heavy atom. The van der Waals surface area contributed by atoms with Gasteiger partial charge >= 0.3 is 0 Å². The normalized spacial score (nSPS) is 10.9. The van der Waals surface area contributed by atoms with Gasteiger partial charge in [0.05, 0.1) is 0 Å². The van der Waals surface area contributed by atoms with Crippen LogP contribution in [-0.4, -0.2) is 0 Å². The monoisotopic (exact) mass is 306 g/mol. The number of rotatable bonds is 3. The molecule has 0 aromatic heterocycles. The topological polar surface area (TPSA) is 24.7 Å². The maximum atomic E-state index is 4.16. The summed E-state index contributed by atoms with van der Waals surface area (Å²) in [6, 6.07) is 16.0. The number of hydrogen-bond donors (Lipinski definition) is 0. The summed E-state index contributed by atoms with van der Waals surface area (Å²) in [5, 5.41) is 4.16. The maximum Gasteiger partial charge on any atom is 0.100 e. The van der Waals surface area contributed by atoms with Gasteiger partial charge in [0, 0.05) is 21.3 Å². The second kappa shape index (κ2) is 5.98. The Balaban J connectivity index is 2.03. The van der Waals surface area contributed by atoms with Crippen molar-refractivity contribution in [1.82, 2.24) is 0 Å². The van der Waals surface area contributed by atoms with Crippen LogP contribution >= 0.6 is 27.9 Å². The molecule has 0 radical (unpaired) electrons. The van der Waals surface area contributed by atoms with Crippen molar-refractivity contribution in [3.05, 3.63) is 58.6 Å². The van der Waals surface area contributed by atoms with Gasteiger partial charge in [0.15, 0.2) is 0 Å². The van der Waals surface area contributed by atoms with Crippen LogP contribution in [0, 0.1) is 6.92 Å². The summed E-state index contributed by atoms with van der Waals surface area (Å²) < 4.78 is 5.07. The molecule has 2 nitrogen and oxygen atoms in total. The highest BCUT2D eigenvalue weighted by molar-refractivity contribution is 9.10. The van der Waals surface area contributed by atoms with Gasteiger partial charge in [0.1, 0.15) is 5.69 Å². The van der Waals surface area contributed by atoms with Gasteiger partial charge in [-0.15, -0.1) is 9.63 Å². The van der Waals surface area contributed by atoms with Crippen LogP contribution in [0.3, 0.4) is 0 Å². The largest absolute Gasteiger partial charge is 0.142 e. The predicted molar refractivity (Wildman–Crippen MR) is 75.7 cm³/mol. The van der Waals surface area contributed by atoms with Gasteiger partial charge in [0.25, 0.3) is 0 Å². The number of nitrogens with zero attached hydrogens (tertiary/aromatic N) is 2. The predicted octanol–water partition coefficient (Wildman–Crippen LogP) is 5.55. The van der Waals surface area contributed by atoms with Crippen LogP contribution in [-0.2, 0) is 0 Å². The molecule has 0 saturated heterocycles. The summed E-state index contributed by atoms with van der Waals surface area (Å²) in [5.41, 5.74) is 2.09. The Bertz CT molecular complexity index is 523. The third-order valence-electron chi connectivity index (χ3n) is 2.17. The molecule has 0 aliphatic heterocycles. The van der Waals surface area contributed by atoms with Crippen LogP contribution in [0.25, 0.3) is 0 Å². The Morgan fingerprint density at radius 2 is 1.71 bits per heavy atom. The van der Waals surface area contributed by atoms with E-state index in [1.807, 2.05) is 36.4 Å². The SMILES string of the molecule is Cc1ccc(SN=Nc2ccccc2Br)cc1. The van der Waals surface area contributed by atoms with E-state index >= 15 is 0 Å². The lowest BCUT2D eigenvalue weighted by atomic mass is 10.2. The molecular formula is C13H11BrN2S. The highest BCUT2D eigenvalue weighted by Gasteiger charge is 1.95. The Morgan fingerprint density at radius 3 is 2.41 bits per heavy atom. The molecule has 2 aromatic rings. The smallest absolute Gasteiger partial charge is 0.100 e. The van der Waals surface area contributed by atoms with E-state index in [0.717, 1.165) is 15.1 Å². The molecule has 2 aromatic carbocycles. The van der Waals surface area contributed by atoms with Crippen molar-refractivity contribution in [1.29, 1.82) is 0 Å². The summed E-state index contributed by atoms with van der Waals surface area (Å²) in [7, 11) is 0. The Labute approximate surface area is 113 Å². The lowest BCUT2D eigenvalue weighted by Crippen LogP contribution is -1.71. The molecule has 17 heavy (non-hydrogen) atoms. The molecule has 0 aliphatic rings. The quantitative estimate of drug-likeness (QED) is 0.539. The molecular weight excluding hydrogens is 296 g/mol. The van der Waals surface area contributed by atoms with Crippen LogP contribution in [0.1, 0.15) is 5.56 Å². The van der Waals surface area contributed by atoms with E-state index in [-0.39, 0.29) is 0 Å². The average molecular weight is 307 g/mol. The zero-order valence-corrected chi connectivity index (χ0v) is 11.7. The van der Waals surface area contributed by atoms with Crippen molar-refractivity contribution in [2.45, 2.75) is 11.8 Å². The van der Waals surface area contributed by atoms with Crippen LogP contribution < -0.4 is 0 Å². The summed E-state index contributed by atoms with van der Waals surface area (Å²) in [5.74, 6) is 0. The summed E-state index contributed by atoms with van der Waals surface area (Å²) in [6.07, 6.45) is 0. The fourth-order valence-corrected chi connectivity index (χ4v) is 2.09. The van der Waals surface area contributed by atoms with E-state index in [2.05, 4.69) is 44.6 Å². The second-order valence-corrected chi connectivity index (χ2v) is 5.21. The first-order chi connectivity index (χ1) is 8.25. The zero-order valence-electron chi connectivity index (χ0n) is 9.30. The average Bonchev–Trinajstić information content (AvgIpc) is 2.34. The molecule has 86 valence electrons. The third-order valence-corrected chi connectivity index (χ3v) is 3.49. The number of hydrogen-bond acceptors (Lipinski definition) is 3. The molecule has 0 unspecified atom stereocenters. The number of aryl methyl sites for hydroxylation is 1. The van der Waals surface area contributed by atoms with E-state index < -0.39 is 0 Å². The van der Waals surface area contributed by atoms with Gasteiger partial charge < -0.3 is 0 Å². The van der Waals surface area contributed by atoms with Gasteiger partial charge in [-0.2, -0.15) is 0 Å². The Hall–Kier alpha value is -1.13. The molecule has 0 amide bonds. The van der Waals surface area contributed by atoms with E-state index in [0.29, 0.717) is 0 Å².